The molecule has 0 aromatic heterocycles. The van der Waals surface area contributed by atoms with Crippen LogP contribution in [0, 0.1) is 0 Å². The van der Waals surface area contributed by atoms with Crippen molar-refractivity contribution in [2.24, 2.45) is 0 Å². The van der Waals surface area contributed by atoms with Crippen molar-refractivity contribution < 1.29 is 19.4 Å². The number of aliphatic hydroxyl groups is 1. The second-order valence-corrected chi connectivity index (χ2v) is 3.57. The summed E-state index contributed by atoms with van der Waals surface area (Å²) in [5.74, 6) is -0.0536. The van der Waals surface area contributed by atoms with Crippen molar-refractivity contribution in [3.05, 3.63) is 42.5 Å². The third-order valence-electron chi connectivity index (χ3n) is 2.53. The van der Waals surface area contributed by atoms with Gasteiger partial charge in [-0.05, 0) is 17.7 Å². The van der Waals surface area contributed by atoms with E-state index in [9.17, 15) is 9.90 Å². The van der Waals surface area contributed by atoms with E-state index in [0.29, 0.717) is 11.3 Å². The molecule has 0 aliphatic carbocycles. The van der Waals surface area contributed by atoms with Crippen LogP contribution in [0.4, 0.5) is 0 Å². The first-order valence-corrected chi connectivity index (χ1v) is 5.14. The Kier molecular flexibility index (Phi) is 4.29. The predicted molar refractivity (Wildman–Crippen MR) is 63.7 cm³/mol. The summed E-state index contributed by atoms with van der Waals surface area (Å²) in [6, 6.07) is 6.59. The summed E-state index contributed by atoms with van der Waals surface area (Å²) in [7, 11) is 2.78. The lowest BCUT2D eigenvalue weighted by Crippen LogP contribution is -2.36. The lowest BCUT2D eigenvalue weighted by atomic mass is 9.90. The van der Waals surface area contributed by atoms with Gasteiger partial charge in [0, 0.05) is 6.42 Å². The summed E-state index contributed by atoms with van der Waals surface area (Å²) >= 11 is 0. The van der Waals surface area contributed by atoms with E-state index in [-0.39, 0.29) is 6.42 Å². The minimum Gasteiger partial charge on any atom is -0.497 e. The van der Waals surface area contributed by atoms with Crippen molar-refractivity contribution in [1.29, 1.82) is 0 Å². The molecule has 92 valence electrons. The van der Waals surface area contributed by atoms with Crippen LogP contribution in [-0.4, -0.2) is 25.3 Å². The number of carbonyl (C=O) groups is 1. The zero-order chi connectivity index (χ0) is 12.9. The van der Waals surface area contributed by atoms with E-state index in [1.165, 1.54) is 13.2 Å². The van der Waals surface area contributed by atoms with E-state index in [1.54, 1.807) is 31.4 Å². The molecule has 0 amide bonds. The first-order valence-electron chi connectivity index (χ1n) is 5.14. The van der Waals surface area contributed by atoms with Crippen LogP contribution in [0.3, 0.4) is 0 Å². The van der Waals surface area contributed by atoms with Crippen LogP contribution in [0.1, 0.15) is 12.0 Å². The molecule has 4 heteroatoms. The van der Waals surface area contributed by atoms with Crippen molar-refractivity contribution in [2.75, 3.05) is 14.2 Å². The lowest BCUT2D eigenvalue weighted by Gasteiger charge is -2.24. The first kappa shape index (κ1) is 13.3. The normalized spacial score (nSPS) is 13.6. The zero-order valence-electron chi connectivity index (χ0n) is 9.97. The molecule has 1 aromatic carbocycles. The average Bonchev–Trinajstić information content (AvgIpc) is 2.38. The van der Waals surface area contributed by atoms with E-state index in [1.807, 2.05) is 0 Å². The zero-order valence-corrected chi connectivity index (χ0v) is 9.97. The molecule has 0 aliphatic rings. The van der Waals surface area contributed by atoms with Crippen molar-refractivity contribution in [3.8, 4) is 5.75 Å². The third-order valence-corrected chi connectivity index (χ3v) is 2.53. The molecule has 0 aliphatic heterocycles. The highest BCUT2D eigenvalue weighted by Gasteiger charge is 2.37. The number of benzene rings is 1. The van der Waals surface area contributed by atoms with E-state index in [2.05, 4.69) is 11.3 Å². The van der Waals surface area contributed by atoms with Gasteiger partial charge in [0.25, 0.3) is 0 Å². The largest absolute Gasteiger partial charge is 0.497 e. The van der Waals surface area contributed by atoms with Gasteiger partial charge in [-0.1, -0.05) is 18.2 Å². The summed E-state index contributed by atoms with van der Waals surface area (Å²) < 4.78 is 9.62. The SMILES string of the molecule is C=CC[C@](O)(C(=O)OC)c1ccc(OC)cc1. The van der Waals surface area contributed by atoms with Crippen LogP contribution in [0.15, 0.2) is 36.9 Å². The highest BCUT2D eigenvalue weighted by Crippen LogP contribution is 2.28. The molecule has 0 radical (unpaired) electrons. The Bertz CT molecular complexity index is 396. The van der Waals surface area contributed by atoms with E-state index < -0.39 is 11.6 Å². The van der Waals surface area contributed by atoms with Crippen molar-refractivity contribution >= 4 is 5.97 Å². The third kappa shape index (κ3) is 2.65. The molecule has 1 aromatic rings. The van der Waals surface area contributed by atoms with E-state index in [4.69, 9.17) is 4.74 Å². The molecular formula is C13H16O4. The fraction of sp³-hybridized carbons (Fsp3) is 0.308. The maximum absolute atomic E-state index is 11.6. The molecule has 0 spiro atoms. The second kappa shape index (κ2) is 5.50. The standard InChI is InChI=1S/C13H16O4/c1-4-9-13(15,12(14)17-3)10-5-7-11(16-2)8-6-10/h4-8,15H,1,9H2,2-3H3/t13-/m1/s1. The molecule has 17 heavy (non-hydrogen) atoms. The summed E-state index contributed by atoms with van der Waals surface area (Å²) in [6.07, 6.45) is 1.56. The van der Waals surface area contributed by atoms with Crippen LogP contribution in [0.2, 0.25) is 0 Å². The number of hydrogen-bond acceptors (Lipinski definition) is 4. The van der Waals surface area contributed by atoms with Gasteiger partial charge in [-0.2, -0.15) is 0 Å². The number of esters is 1. The quantitative estimate of drug-likeness (QED) is 0.623. The Labute approximate surface area is 100 Å². The first-order chi connectivity index (χ1) is 8.08. The van der Waals surface area contributed by atoms with Gasteiger partial charge < -0.3 is 14.6 Å². The molecule has 0 bridgehead atoms. The highest BCUT2D eigenvalue weighted by molar-refractivity contribution is 5.81. The van der Waals surface area contributed by atoms with Crippen molar-refractivity contribution in [2.45, 2.75) is 12.0 Å². The Morgan fingerprint density at radius 2 is 2.00 bits per heavy atom. The van der Waals surface area contributed by atoms with Gasteiger partial charge in [0.15, 0.2) is 5.60 Å². The van der Waals surface area contributed by atoms with Gasteiger partial charge in [-0.25, -0.2) is 4.79 Å². The van der Waals surface area contributed by atoms with Gasteiger partial charge in [0.2, 0.25) is 0 Å². The van der Waals surface area contributed by atoms with Gasteiger partial charge in [0.1, 0.15) is 5.75 Å². The lowest BCUT2D eigenvalue weighted by molar-refractivity contribution is -0.163. The van der Waals surface area contributed by atoms with Gasteiger partial charge in [-0.3, -0.25) is 0 Å². The molecule has 1 rings (SSSR count). The molecule has 0 heterocycles. The predicted octanol–water partition coefficient (Wildman–Crippen LogP) is 1.63. The number of ether oxygens (including phenoxy) is 2. The Morgan fingerprint density at radius 3 is 2.41 bits per heavy atom. The summed E-state index contributed by atoms with van der Waals surface area (Å²) in [4.78, 5) is 11.6. The molecule has 0 fully saturated rings. The average molecular weight is 236 g/mol. The molecule has 1 atom stereocenters. The van der Waals surface area contributed by atoms with Gasteiger partial charge in [0.05, 0.1) is 14.2 Å². The van der Waals surface area contributed by atoms with Crippen LogP contribution < -0.4 is 4.74 Å². The van der Waals surface area contributed by atoms with Crippen molar-refractivity contribution in [3.63, 3.8) is 0 Å². The van der Waals surface area contributed by atoms with Crippen LogP contribution >= 0.6 is 0 Å². The Hall–Kier alpha value is -1.81. The topological polar surface area (TPSA) is 55.8 Å². The minimum atomic E-state index is -1.69. The van der Waals surface area contributed by atoms with Crippen LogP contribution in [0.5, 0.6) is 5.75 Å². The van der Waals surface area contributed by atoms with Crippen molar-refractivity contribution in [1.82, 2.24) is 0 Å². The number of carbonyl (C=O) groups excluding carboxylic acids is 1. The summed E-state index contributed by atoms with van der Waals surface area (Å²) in [5.41, 5.74) is -1.24. The van der Waals surface area contributed by atoms with Crippen LogP contribution in [-0.2, 0) is 15.1 Å². The van der Waals surface area contributed by atoms with E-state index >= 15 is 0 Å². The number of hydrogen-bond donors (Lipinski definition) is 1. The molecular weight excluding hydrogens is 220 g/mol. The molecule has 1 N–H and O–H groups in total. The maximum atomic E-state index is 11.6. The smallest absolute Gasteiger partial charge is 0.342 e. The monoisotopic (exact) mass is 236 g/mol. The van der Waals surface area contributed by atoms with E-state index in [0.717, 1.165) is 0 Å². The molecule has 0 saturated carbocycles. The fourth-order valence-electron chi connectivity index (χ4n) is 1.56. The second-order valence-electron chi connectivity index (χ2n) is 3.57. The van der Waals surface area contributed by atoms with Gasteiger partial charge in [-0.15, -0.1) is 6.58 Å². The Balaban J connectivity index is 3.12. The maximum Gasteiger partial charge on any atom is 0.342 e. The molecule has 0 saturated heterocycles. The highest BCUT2D eigenvalue weighted by atomic mass is 16.5. The summed E-state index contributed by atoms with van der Waals surface area (Å²) in [5, 5.41) is 10.3. The summed E-state index contributed by atoms with van der Waals surface area (Å²) in [6.45, 7) is 3.53. The van der Waals surface area contributed by atoms with Crippen LogP contribution in [0.25, 0.3) is 0 Å². The number of methoxy groups -OCH3 is 2. The van der Waals surface area contributed by atoms with Gasteiger partial charge >= 0.3 is 5.97 Å². The fourth-order valence-corrected chi connectivity index (χ4v) is 1.56. The minimum absolute atomic E-state index is 0.0893. The molecule has 0 unspecified atom stereocenters. The number of rotatable bonds is 5. The Morgan fingerprint density at radius 1 is 1.41 bits per heavy atom. The molecule has 4 nitrogen and oxygen atoms in total.